The van der Waals surface area contributed by atoms with Crippen LogP contribution < -0.4 is 15.2 Å². The van der Waals surface area contributed by atoms with Crippen LogP contribution in [0.2, 0.25) is 0 Å². The number of primary sulfonamides is 1. The Balaban J connectivity index is 2.12. The first-order valence-electron chi connectivity index (χ1n) is 8.38. The van der Waals surface area contributed by atoms with Crippen molar-refractivity contribution < 1.29 is 22.9 Å². The molecule has 0 saturated heterocycles. The highest BCUT2D eigenvalue weighted by Crippen LogP contribution is 2.29. The molecule has 0 bridgehead atoms. The molecular formula is C18H21N3O6S. The monoisotopic (exact) mass is 407 g/mol. The predicted molar refractivity (Wildman–Crippen MR) is 102 cm³/mol. The molecular weight excluding hydrogens is 386 g/mol. The minimum atomic E-state index is -4.10. The Hall–Kier alpha value is -2.98. The van der Waals surface area contributed by atoms with Gasteiger partial charge in [0, 0.05) is 6.07 Å². The van der Waals surface area contributed by atoms with E-state index in [0.29, 0.717) is 0 Å². The Kier molecular flexibility index (Phi) is 6.71. The Morgan fingerprint density at radius 2 is 1.86 bits per heavy atom. The fourth-order valence-electron chi connectivity index (χ4n) is 2.59. The summed E-state index contributed by atoms with van der Waals surface area (Å²) < 4.78 is 28.0. The second-order valence-electron chi connectivity index (χ2n) is 6.42. The van der Waals surface area contributed by atoms with Crippen LogP contribution in [-0.2, 0) is 14.8 Å². The molecule has 10 heteroatoms. The van der Waals surface area contributed by atoms with Gasteiger partial charge in [-0.25, -0.2) is 13.6 Å². The summed E-state index contributed by atoms with van der Waals surface area (Å²) >= 11 is 0. The maximum atomic E-state index is 12.3. The van der Waals surface area contributed by atoms with E-state index in [1.807, 2.05) is 44.2 Å². The van der Waals surface area contributed by atoms with E-state index in [1.54, 1.807) is 0 Å². The molecule has 0 aliphatic heterocycles. The number of hydrogen-bond acceptors (Lipinski definition) is 6. The smallest absolute Gasteiger partial charge is 0.312 e. The van der Waals surface area contributed by atoms with Crippen molar-refractivity contribution >= 4 is 21.6 Å². The van der Waals surface area contributed by atoms with E-state index in [1.165, 1.54) is 0 Å². The van der Waals surface area contributed by atoms with Gasteiger partial charge in [0.05, 0.1) is 15.9 Å². The van der Waals surface area contributed by atoms with Gasteiger partial charge >= 0.3 is 5.69 Å². The highest BCUT2D eigenvalue weighted by atomic mass is 32.2. The number of rotatable bonds is 8. The number of benzene rings is 2. The molecule has 0 heterocycles. The first-order valence-corrected chi connectivity index (χ1v) is 9.92. The summed E-state index contributed by atoms with van der Waals surface area (Å²) in [5.41, 5.74) is 0.331. The van der Waals surface area contributed by atoms with E-state index in [2.05, 4.69) is 5.32 Å². The van der Waals surface area contributed by atoms with Crippen LogP contribution in [0.1, 0.15) is 25.5 Å². The zero-order valence-electron chi connectivity index (χ0n) is 15.4. The number of nitrogens with two attached hydrogens (primary N) is 1. The van der Waals surface area contributed by atoms with Crippen LogP contribution in [0.15, 0.2) is 53.4 Å². The number of nitrogens with one attached hydrogen (secondary N) is 1. The Bertz CT molecular complexity index is 961. The molecule has 150 valence electrons. The molecule has 0 aliphatic rings. The van der Waals surface area contributed by atoms with Gasteiger partial charge in [0.2, 0.25) is 10.0 Å². The summed E-state index contributed by atoms with van der Waals surface area (Å²) in [7, 11) is -4.10. The van der Waals surface area contributed by atoms with E-state index in [0.717, 1.165) is 23.8 Å². The van der Waals surface area contributed by atoms with Crippen LogP contribution in [-0.4, -0.2) is 25.9 Å². The van der Waals surface area contributed by atoms with Crippen molar-refractivity contribution in [2.75, 3.05) is 6.61 Å². The Morgan fingerprint density at radius 1 is 1.21 bits per heavy atom. The van der Waals surface area contributed by atoms with Gasteiger partial charge in [0.1, 0.15) is 0 Å². The summed E-state index contributed by atoms with van der Waals surface area (Å²) in [4.78, 5) is 22.3. The minimum absolute atomic E-state index is 0.106. The number of ether oxygens (including phenoxy) is 1. The fraction of sp³-hybridized carbons (Fsp3) is 0.278. The number of nitrogens with zero attached hydrogens (tertiary/aromatic N) is 1. The van der Waals surface area contributed by atoms with Gasteiger partial charge < -0.3 is 10.1 Å². The van der Waals surface area contributed by atoms with Crippen molar-refractivity contribution in [2.45, 2.75) is 24.8 Å². The van der Waals surface area contributed by atoms with E-state index >= 15 is 0 Å². The van der Waals surface area contributed by atoms with Gasteiger partial charge in [0.15, 0.2) is 12.4 Å². The van der Waals surface area contributed by atoms with Gasteiger partial charge in [-0.1, -0.05) is 44.2 Å². The van der Waals surface area contributed by atoms with Crippen molar-refractivity contribution in [1.29, 1.82) is 0 Å². The van der Waals surface area contributed by atoms with E-state index < -0.39 is 38.0 Å². The van der Waals surface area contributed by atoms with Gasteiger partial charge in [-0.05, 0) is 23.6 Å². The van der Waals surface area contributed by atoms with Crippen LogP contribution in [0.3, 0.4) is 0 Å². The lowest BCUT2D eigenvalue weighted by Crippen LogP contribution is -2.35. The summed E-state index contributed by atoms with van der Waals surface area (Å²) in [5, 5.41) is 19.0. The van der Waals surface area contributed by atoms with Crippen molar-refractivity contribution in [1.82, 2.24) is 5.32 Å². The van der Waals surface area contributed by atoms with Crippen LogP contribution in [0.5, 0.6) is 5.75 Å². The maximum Gasteiger partial charge on any atom is 0.312 e. The van der Waals surface area contributed by atoms with Gasteiger partial charge in [-0.2, -0.15) is 0 Å². The number of nitro benzene ring substituents is 1. The molecule has 2 rings (SSSR count). The van der Waals surface area contributed by atoms with E-state index in [-0.39, 0.29) is 17.7 Å². The molecule has 0 spiro atoms. The predicted octanol–water partition coefficient (Wildman–Crippen LogP) is 2.13. The van der Waals surface area contributed by atoms with Crippen LogP contribution in [0.25, 0.3) is 0 Å². The molecule has 1 atom stereocenters. The van der Waals surface area contributed by atoms with E-state index in [9.17, 15) is 23.3 Å². The second kappa shape index (κ2) is 8.81. The normalized spacial score (nSPS) is 12.4. The molecule has 0 fully saturated rings. The summed E-state index contributed by atoms with van der Waals surface area (Å²) in [6.45, 7) is 3.44. The number of nitro groups is 1. The Labute approximate surface area is 162 Å². The molecule has 3 N–H and O–H groups in total. The Morgan fingerprint density at radius 3 is 2.39 bits per heavy atom. The lowest BCUT2D eigenvalue weighted by Gasteiger charge is -2.23. The molecule has 1 amide bonds. The fourth-order valence-corrected chi connectivity index (χ4v) is 3.13. The molecule has 9 nitrogen and oxygen atoms in total. The molecule has 0 unspecified atom stereocenters. The van der Waals surface area contributed by atoms with E-state index in [4.69, 9.17) is 9.88 Å². The van der Waals surface area contributed by atoms with Gasteiger partial charge in [0.25, 0.3) is 5.91 Å². The third-order valence-corrected chi connectivity index (χ3v) is 4.87. The molecule has 0 aliphatic carbocycles. The van der Waals surface area contributed by atoms with Crippen LogP contribution >= 0.6 is 0 Å². The molecule has 2 aromatic carbocycles. The minimum Gasteiger partial charge on any atom is -0.477 e. The lowest BCUT2D eigenvalue weighted by atomic mass is 9.96. The van der Waals surface area contributed by atoms with Crippen LogP contribution in [0, 0.1) is 16.0 Å². The third-order valence-electron chi connectivity index (χ3n) is 3.96. The standard InChI is InChI=1S/C18H21N3O6S/c1-12(2)18(13-6-4-3-5-7-13)20-17(22)11-27-16-9-8-14(28(19,25)26)10-15(16)21(23)24/h3-10,12,18H,11H2,1-2H3,(H,20,22)(H2,19,25,26)/t18-/m0/s1. The second-order valence-corrected chi connectivity index (χ2v) is 7.98. The van der Waals surface area contributed by atoms with Crippen molar-refractivity contribution in [3.63, 3.8) is 0 Å². The molecule has 28 heavy (non-hydrogen) atoms. The number of amides is 1. The summed E-state index contributed by atoms with van der Waals surface area (Å²) in [6.07, 6.45) is 0. The number of hydrogen-bond donors (Lipinski definition) is 2. The maximum absolute atomic E-state index is 12.3. The topological polar surface area (TPSA) is 142 Å². The zero-order valence-corrected chi connectivity index (χ0v) is 16.2. The van der Waals surface area contributed by atoms with Gasteiger partial charge in [-0.3, -0.25) is 14.9 Å². The van der Waals surface area contributed by atoms with Crippen molar-refractivity contribution in [3.05, 3.63) is 64.2 Å². The molecule has 0 radical (unpaired) electrons. The summed E-state index contributed by atoms with van der Waals surface area (Å²) in [5.74, 6) is -0.588. The first-order chi connectivity index (χ1) is 13.1. The number of carbonyl (C=O) groups is 1. The van der Waals surface area contributed by atoms with Crippen molar-refractivity contribution in [2.24, 2.45) is 11.1 Å². The zero-order chi connectivity index (χ0) is 20.9. The SMILES string of the molecule is CC(C)[C@H](NC(=O)COc1ccc(S(N)(=O)=O)cc1[N+](=O)[O-])c1ccccc1. The van der Waals surface area contributed by atoms with Gasteiger partial charge in [-0.15, -0.1) is 0 Å². The van der Waals surface area contributed by atoms with Crippen molar-refractivity contribution in [3.8, 4) is 5.75 Å². The largest absolute Gasteiger partial charge is 0.477 e. The lowest BCUT2D eigenvalue weighted by molar-refractivity contribution is -0.386. The molecule has 0 aromatic heterocycles. The number of sulfonamides is 1. The molecule has 2 aromatic rings. The highest BCUT2D eigenvalue weighted by molar-refractivity contribution is 7.89. The average Bonchev–Trinajstić information content (AvgIpc) is 2.63. The molecule has 0 saturated carbocycles. The van der Waals surface area contributed by atoms with Crippen LogP contribution in [0.4, 0.5) is 5.69 Å². The quantitative estimate of drug-likeness (QED) is 0.507. The average molecular weight is 407 g/mol. The highest BCUT2D eigenvalue weighted by Gasteiger charge is 2.22. The number of carbonyl (C=O) groups excluding carboxylic acids is 1. The third kappa shape index (κ3) is 5.51. The summed E-state index contributed by atoms with van der Waals surface area (Å²) in [6, 6.07) is 12.1. The first kappa shape index (κ1) is 21.3.